The lowest BCUT2D eigenvalue weighted by Crippen LogP contribution is -2.37. The van der Waals surface area contributed by atoms with E-state index in [9.17, 15) is 13.2 Å². The van der Waals surface area contributed by atoms with Gasteiger partial charge in [0.1, 0.15) is 5.75 Å². The Morgan fingerprint density at radius 2 is 2.13 bits per heavy atom. The molecule has 0 bridgehead atoms. The van der Waals surface area contributed by atoms with Crippen molar-refractivity contribution < 1.29 is 18.0 Å². The molecule has 0 aromatic carbocycles. The van der Waals surface area contributed by atoms with Crippen molar-refractivity contribution in [1.82, 2.24) is 14.8 Å². The van der Waals surface area contributed by atoms with Crippen LogP contribution in [0, 0.1) is 5.92 Å². The SMILES string of the molecule is CON1CCC(CC(=O)NS(=O)(=O)Cc2ccc(Cl)cn2)CC1. The molecule has 0 aliphatic carbocycles. The second-order valence-corrected chi connectivity index (χ2v) is 7.67. The van der Waals surface area contributed by atoms with Gasteiger partial charge in [-0.05, 0) is 30.9 Å². The Kier molecular flexibility index (Phi) is 6.34. The van der Waals surface area contributed by atoms with Crippen molar-refractivity contribution in [1.29, 1.82) is 0 Å². The van der Waals surface area contributed by atoms with E-state index in [4.69, 9.17) is 16.4 Å². The molecule has 1 amide bonds. The van der Waals surface area contributed by atoms with Crippen molar-refractivity contribution in [2.24, 2.45) is 5.92 Å². The first kappa shape index (κ1) is 18.1. The zero-order valence-electron chi connectivity index (χ0n) is 12.9. The van der Waals surface area contributed by atoms with Gasteiger partial charge in [-0.3, -0.25) is 14.5 Å². The molecular weight excluding hydrogens is 342 g/mol. The lowest BCUT2D eigenvalue weighted by atomic mass is 9.94. The number of halogens is 1. The Bertz CT molecular complexity index is 628. The number of hydrogen-bond donors (Lipinski definition) is 1. The van der Waals surface area contributed by atoms with Crippen molar-refractivity contribution in [3.05, 3.63) is 29.0 Å². The number of aromatic nitrogens is 1. The van der Waals surface area contributed by atoms with Crippen molar-refractivity contribution >= 4 is 27.5 Å². The number of rotatable bonds is 6. The van der Waals surface area contributed by atoms with E-state index < -0.39 is 15.9 Å². The molecule has 128 valence electrons. The van der Waals surface area contributed by atoms with E-state index in [1.165, 1.54) is 12.3 Å². The first-order valence-corrected chi connectivity index (χ1v) is 9.34. The molecule has 0 unspecified atom stereocenters. The predicted molar refractivity (Wildman–Crippen MR) is 85.9 cm³/mol. The Morgan fingerprint density at radius 1 is 1.43 bits per heavy atom. The molecule has 2 rings (SSSR count). The number of carbonyl (C=O) groups excluding carboxylic acids is 1. The predicted octanol–water partition coefficient (Wildman–Crippen LogP) is 1.34. The molecule has 0 saturated carbocycles. The molecule has 1 aliphatic heterocycles. The average molecular weight is 362 g/mol. The standard InChI is InChI=1S/C14H20ClN3O4S/c1-22-18-6-4-11(5-7-18)8-14(19)17-23(20,21)10-13-3-2-12(15)9-16-13/h2-3,9,11H,4-8,10H2,1H3,(H,17,19). The van der Waals surface area contributed by atoms with Crippen LogP contribution in [0.1, 0.15) is 25.0 Å². The third-order valence-corrected chi connectivity index (χ3v) is 5.14. The monoisotopic (exact) mass is 361 g/mol. The highest BCUT2D eigenvalue weighted by molar-refractivity contribution is 7.89. The second-order valence-electron chi connectivity index (χ2n) is 5.51. The van der Waals surface area contributed by atoms with E-state index in [1.54, 1.807) is 13.2 Å². The zero-order chi connectivity index (χ0) is 16.9. The van der Waals surface area contributed by atoms with Gasteiger partial charge in [-0.25, -0.2) is 8.42 Å². The van der Waals surface area contributed by atoms with Crippen LogP contribution in [0.5, 0.6) is 0 Å². The van der Waals surface area contributed by atoms with Gasteiger partial charge in [-0.1, -0.05) is 11.6 Å². The maximum Gasteiger partial charge on any atom is 0.240 e. The summed E-state index contributed by atoms with van der Waals surface area (Å²) < 4.78 is 26.1. The fourth-order valence-corrected chi connectivity index (χ4v) is 3.67. The Morgan fingerprint density at radius 3 is 2.70 bits per heavy atom. The Balaban J connectivity index is 1.83. The van der Waals surface area contributed by atoms with Crippen LogP contribution in [0.4, 0.5) is 0 Å². The fraction of sp³-hybridized carbons (Fsp3) is 0.571. The molecule has 9 heteroatoms. The summed E-state index contributed by atoms with van der Waals surface area (Å²) in [4.78, 5) is 21.0. The highest BCUT2D eigenvalue weighted by Gasteiger charge is 2.23. The maximum absolute atomic E-state index is 12.0. The smallest absolute Gasteiger partial charge is 0.240 e. The Labute approximate surface area is 141 Å². The summed E-state index contributed by atoms with van der Waals surface area (Å²) in [5, 5.41) is 2.26. The first-order valence-electron chi connectivity index (χ1n) is 7.31. The summed E-state index contributed by atoms with van der Waals surface area (Å²) >= 11 is 5.70. The fourth-order valence-electron chi connectivity index (χ4n) is 2.50. The topological polar surface area (TPSA) is 88.6 Å². The third kappa shape index (κ3) is 6.06. The van der Waals surface area contributed by atoms with E-state index in [1.807, 2.05) is 5.06 Å². The number of nitrogens with one attached hydrogen (secondary N) is 1. The number of amides is 1. The Hall–Kier alpha value is -1.22. The highest BCUT2D eigenvalue weighted by atomic mass is 35.5. The summed E-state index contributed by atoms with van der Waals surface area (Å²) in [6.07, 6.45) is 3.18. The molecule has 23 heavy (non-hydrogen) atoms. The van der Waals surface area contributed by atoms with Crippen LogP contribution in [0.15, 0.2) is 18.3 Å². The summed E-state index contributed by atoms with van der Waals surface area (Å²) in [6.45, 7) is 1.49. The largest absolute Gasteiger partial charge is 0.302 e. The average Bonchev–Trinajstić information content (AvgIpc) is 2.49. The number of pyridine rings is 1. The molecule has 7 nitrogen and oxygen atoms in total. The lowest BCUT2D eigenvalue weighted by Gasteiger charge is -2.29. The van der Waals surface area contributed by atoms with Gasteiger partial charge in [-0.15, -0.1) is 0 Å². The van der Waals surface area contributed by atoms with Gasteiger partial charge in [0.15, 0.2) is 0 Å². The van der Waals surface area contributed by atoms with Gasteiger partial charge in [0.2, 0.25) is 15.9 Å². The van der Waals surface area contributed by atoms with Crippen molar-refractivity contribution in [2.45, 2.75) is 25.0 Å². The molecule has 0 radical (unpaired) electrons. The van der Waals surface area contributed by atoms with Gasteiger partial charge in [0.25, 0.3) is 0 Å². The van der Waals surface area contributed by atoms with Gasteiger partial charge in [0, 0.05) is 25.7 Å². The van der Waals surface area contributed by atoms with Crippen molar-refractivity contribution in [2.75, 3.05) is 20.2 Å². The minimum atomic E-state index is -3.75. The van der Waals surface area contributed by atoms with Crippen LogP contribution >= 0.6 is 11.6 Å². The minimum Gasteiger partial charge on any atom is -0.302 e. The molecule has 0 atom stereocenters. The van der Waals surface area contributed by atoms with E-state index in [0.29, 0.717) is 10.7 Å². The van der Waals surface area contributed by atoms with E-state index in [0.717, 1.165) is 25.9 Å². The molecule has 1 aliphatic rings. The summed E-state index contributed by atoms with van der Waals surface area (Å²) in [6, 6.07) is 3.08. The maximum atomic E-state index is 12.0. The van der Waals surface area contributed by atoms with Crippen molar-refractivity contribution in [3.63, 3.8) is 0 Å². The minimum absolute atomic E-state index is 0.172. The number of hydroxylamine groups is 2. The van der Waals surface area contributed by atoms with Crippen LogP contribution < -0.4 is 4.72 Å². The number of sulfonamides is 1. The second kappa shape index (κ2) is 8.05. The van der Waals surface area contributed by atoms with Gasteiger partial charge >= 0.3 is 0 Å². The van der Waals surface area contributed by atoms with E-state index in [-0.39, 0.29) is 18.1 Å². The number of piperidine rings is 1. The molecule has 2 heterocycles. The van der Waals surface area contributed by atoms with Gasteiger partial charge in [-0.2, -0.15) is 5.06 Å². The highest BCUT2D eigenvalue weighted by Crippen LogP contribution is 2.20. The van der Waals surface area contributed by atoms with Gasteiger partial charge < -0.3 is 4.84 Å². The van der Waals surface area contributed by atoms with Crippen LogP contribution in [-0.2, 0) is 25.4 Å². The van der Waals surface area contributed by atoms with Crippen LogP contribution in [-0.4, -0.2) is 44.6 Å². The van der Waals surface area contributed by atoms with Crippen LogP contribution in [0.25, 0.3) is 0 Å². The van der Waals surface area contributed by atoms with Crippen LogP contribution in [0.3, 0.4) is 0 Å². The molecular formula is C14H20ClN3O4S. The number of hydrogen-bond acceptors (Lipinski definition) is 6. The molecule has 1 fully saturated rings. The molecule has 1 saturated heterocycles. The van der Waals surface area contributed by atoms with Crippen LogP contribution in [0.2, 0.25) is 5.02 Å². The van der Waals surface area contributed by atoms with Crippen molar-refractivity contribution in [3.8, 4) is 0 Å². The summed E-state index contributed by atoms with van der Waals surface area (Å²) in [5.41, 5.74) is 0.336. The summed E-state index contributed by atoms with van der Waals surface area (Å²) in [7, 11) is -2.14. The molecule has 1 aromatic rings. The normalized spacial score (nSPS) is 17.1. The van der Waals surface area contributed by atoms with E-state index >= 15 is 0 Å². The van der Waals surface area contributed by atoms with Gasteiger partial charge in [0.05, 0.1) is 17.8 Å². The zero-order valence-corrected chi connectivity index (χ0v) is 14.4. The molecule has 0 spiro atoms. The molecule has 1 aromatic heterocycles. The summed E-state index contributed by atoms with van der Waals surface area (Å²) in [5.74, 6) is -0.655. The number of carbonyl (C=O) groups is 1. The first-order chi connectivity index (χ1) is 10.9. The van der Waals surface area contributed by atoms with E-state index in [2.05, 4.69) is 9.71 Å². The third-order valence-electron chi connectivity index (χ3n) is 3.70. The lowest BCUT2D eigenvalue weighted by molar-refractivity contribution is -0.149. The quantitative estimate of drug-likeness (QED) is 0.822. The number of nitrogens with zero attached hydrogens (tertiary/aromatic N) is 2. The molecule has 1 N–H and O–H groups in total.